The number of anilines is 1. The van der Waals surface area contributed by atoms with Gasteiger partial charge in [-0.05, 0) is 37.5 Å². The highest BCUT2D eigenvalue weighted by Gasteiger charge is 2.21. The number of benzene rings is 1. The predicted molar refractivity (Wildman–Crippen MR) is 82.6 cm³/mol. The molecule has 1 aliphatic rings. The van der Waals surface area contributed by atoms with Crippen LogP contribution in [0, 0.1) is 11.7 Å². The highest BCUT2D eigenvalue weighted by Crippen LogP contribution is 2.26. The predicted octanol–water partition coefficient (Wildman–Crippen LogP) is 3.20. The zero-order chi connectivity index (χ0) is 15.9. The molecule has 1 aliphatic heterocycles. The topological polar surface area (TPSA) is 46.6 Å². The summed E-state index contributed by atoms with van der Waals surface area (Å²) in [7, 11) is 0. The normalized spacial score (nSPS) is 15.6. The molecule has 22 heavy (non-hydrogen) atoms. The van der Waals surface area contributed by atoms with E-state index in [-0.39, 0.29) is 11.5 Å². The Morgan fingerprint density at radius 2 is 2.14 bits per heavy atom. The van der Waals surface area contributed by atoms with E-state index in [0.717, 1.165) is 32.0 Å². The largest absolute Gasteiger partial charge is 0.462 e. The van der Waals surface area contributed by atoms with E-state index in [9.17, 15) is 14.0 Å². The number of nitrogens with zero attached hydrogens (tertiary/aromatic N) is 1. The van der Waals surface area contributed by atoms with Crippen LogP contribution in [0.3, 0.4) is 0 Å². The number of carbonyl (C=O) groups is 2. The average molecular weight is 307 g/mol. The number of hydrogen-bond acceptors (Lipinski definition) is 4. The number of esters is 1. The summed E-state index contributed by atoms with van der Waals surface area (Å²) < 4.78 is 19.3. The highest BCUT2D eigenvalue weighted by atomic mass is 19.1. The van der Waals surface area contributed by atoms with Crippen LogP contribution in [0.2, 0.25) is 0 Å². The van der Waals surface area contributed by atoms with Crippen molar-refractivity contribution in [2.24, 2.45) is 5.92 Å². The number of halogens is 1. The Balaban J connectivity index is 2.00. The number of rotatable bonds is 6. The van der Waals surface area contributed by atoms with Crippen molar-refractivity contribution in [2.45, 2.75) is 32.6 Å². The molecular weight excluding hydrogens is 285 g/mol. The first-order valence-corrected chi connectivity index (χ1v) is 7.82. The van der Waals surface area contributed by atoms with Crippen LogP contribution in [0.15, 0.2) is 18.2 Å². The molecule has 0 spiro atoms. The lowest BCUT2D eigenvalue weighted by Gasteiger charge is -2.31. The molecule has 0 atom stereocenters. The molecule has 0 N–H and O–H groups in total. The first kappa shape index (κ1) is 16.5. The van der Waals surface area contributed by atoms with Crippen molar-refractivity contribution in [2.75, 3.05) is 24.6 Å². The molecule has 1 aromatic rings. The minimum Gasteiger partial charge on any atom is -0.462 e. The van der Waals surface area contributed by atoms with Gasteiger partial charge in [-0.15, -0.1) is 0 Å². The number of ether oxygens (including phenoxy) is 1. The van der Waals surface area contributed by atoms with Gasteiger partial charge in [0.25, 0.3) is 0 Å². The van der Waals surface area contributed by atoms with Gasteiger partial charge in [0.05, 0.1) is 17.9 Å². The van der Waals surface area contributed by atoms with Gasteiger partial charge in [-0.2, -0.15) is 0 Å². The quantitative estimate of drug-likeness (QED) is 0.460. The van der Waals surface area contributed by atoms with Crippen molar-refractivity contribution < 1.29 is 18.7 Å². The molecule has 1 heterocycles. The van der Waals surface area contributed by atoms with Crippen molar-refractivity contribution in [3.63, 3.8) is 0 Å². The van der Waals surface area contributed by atoms with Gasteiger partial charge in [-0.3, -0.25) is 0 Å². The third-order valence-electron chi connectivity index (χ3n) is 3.99. The molecule has 0 saturated carbocycles. The van der Waals surface area contributed by atoms with Gasteiger partial charge in [0.15, 0.2) is 0 Å². The maximum absolute atomic E-state index is 14.2. The zero-order valence-electron chi connectivity index (χ0n) is 12.9. The second-order valence-electron chi connectivity index (χ2n) is 5.62. The van der Waals surface area contributed by atoms with E-state index in [1.165, 1.54) is 6.07 Å². The summed E-state index contributed by atoms with van der Waals surface area (Å²) in [4.78, 5) is 24.5. The van der Waals surface area contributed by atoms with Gasteiger partial charge in [0.1, 0.15) is 12.1 Å². The van der Waals surface area contributed by atoms with Crippen LogP contribution in [0.5, 0.6) is 0 Å². The molecular formula is C17H22FNO3. The average Bonchev–Trinajstić information content (AvgIpc) is 2.55. The number of hydrogen-bond donors (Lipinski definition) is 0. The van der Waals surface area contributed by atoms with E-state index in [0.29, 0.717) is 25.4 Å². The molecule has 0 amide bonds. The van der Waals surface area contributed by atoms with Crippen LogP contribution in [0.25, 0.3) is 0 Å². The van der Waals surface area contributed by atoms with Gasteiger partial charge in [-0.1, -0.05) is 13.3 Å². The molecule has 0 aliphatic carbocycles. The first-order valence-electron chi connectivity index (χ1n) is 7.82. The van der Waals surface area contributed by atoms with Crippen molar-refractivity contribution in [1.82, 2.24) is 0 Å². The van der Waals surface area contributed by atoms with Crippen LogP contribution >= 0.6 is 0 Å². The van der Waals surface area contributed by atoms with E-state index in [2.05, 4.69) is 0 Å². The Labute approximate surface area is 130 Å². The van der Waals surface area contributed by atoms with Crippen LogP contribution in [-0.4, -0.2) is 32.0 Å². The lowest BCUT2D eigenvalue weighted by Crippen LogP contribution is -2.34. The maximum Gasteiger partial charge on any atom is 0.338 e. The molecule has 1 fully saturated rings. The molecule has 0 bridgehead atoms. The fraction of sp³-hybridized carbons (Fsp3) is 0.529. The minimum absolute atomic E-state index is 0.0760. The molecule has 1 saturated heterocycles. The molecule has 120 valence electrons. The van der Waals surface area contributed by atoms with Gasteiger partial charge >= 0.3 is 5.97 Å². The smallest absolute Gasteiger partial charge is 0.338 e. The Morgan fingerprint density at radius 3 is 2.73 bits per heavy atom. The van der Waals surface area contributed by atoms with Crippen LogP contribution in [0.1, 0.15) is 43.0 Å². The van der Waals surface area contributed by atoms with E-state index >= 15 is 0 Å². The molecule has 0 unspecified atom stereocenters. The minimum atomic E-state index is -0.487. The number of piperidine rings is 1. The van der Waals surface area contributed by atoms with Gasteiger partial charge in [0, 0.05) is 19.0 Å². The summed E-state index contributed by atoms with van der Waals surface area (Å²) in [5, 5.41) is 0. The summed E-state index contributed by atoms with van der Waals surface area (Å²) in [5.74, 6) is -0.833. The summed E-state index contributed by atoms with van der Waals surface area (Å²) >= 11 is 0. The summed E-state index contributed by atoms with van der Waals surface area (Å²) in [6, 6.07) is 4.45. The van der Waals surface area contributed by atoms with E-state index in [1.54, 1.807) is 12.1 Å². The second kappa shape index (κ2) is 7.92. The van der Waals surface area contributed by atoms with Crippen LogP contribution < -0.4 is 4.90 Å². The first-order chi connectivity index (χ1) is 10.7. The van der Waals surface area contributed by atoms with Crippen LogP contribution in [-0.2, 0) is 9.53 Å². The number of unbranched alkanes of at least 4 members (excludes halogenated alkanes) is 1. The molecule has 4 nitrogen and oxygen atoms in total. The van der Waals surface area contributed by atoms with Crippen molar-refractivity contribution in [3.05, 3.63) is 29.6 Å². The molecule has 5 heteroatoms. The van der Waals surface area contributed by atoms with E-state index < -0.39 is 11.8 Å². The molecule has 0 radical (unpaired) electrons. The summed E-state index contributed by atoms with van der Waals surface area (Å²) in [6.07, 6.45) is 4.20. The van der Waals surface area contributed by atoms with Gasteiger partial charge in [0.2, 0.25) is 0 Å². The van der Waals surface area contributed by atoms with Crippen molar-refractivity contribution >= 4 is 17.9 Å². The lowest BCUT2D eigenvalue weighted by atomic mass is 9.98. The maximum atomic E-state index is 14.2. The summed E-state index contributed by atoms with van der Waals surface area (Å²) in [5.41, 5.74) is 0.717. The molecule has 0 aromatic heterocycles. The third-order valence-corrected chi connectivity index (χ3v) is 3.99. The Hall–Kier alpha value is -1.91. The SMILES string of the molecule is CCCCOC(=O)c1ccc(N2CCC(C=O)CC2)c(F)c1. The Bertz CT molecular complexity index is 525. The number of aldehydes is 1. The van der Waals surface area contributed by atoms with Gasteiger partial charge in [-0.25, -0.2) is 9.18 Å². The zero-order valence-corrected chi connectivity index (χ0v) is 12.9. The number of carbonyl (C=O) groups excluding carboxylic acids is 2. The Morgan fingerprint density at radius 1 is 1.41 bits per heavy atom. The molecule has 1 aromatic carbocycles. The highest BCUT2D eigenvalue weighted by molar-refractivity contribution is 5.89. The Kier molecular flexibility index (Phi) is 5.92. The standard InChI is InChI=1S/C17H22FNO3/c1-2-3-10-22-17(21)14-4-5-16(15(18)11-14)19-8-6-13(12-20)7-9-19/h4-5,11-13H,2-3,6-10H2,1H3. The van der Waals surface area contributed by atoms with E-state index in [1.807, 2.05) is 11.8 Å². The fourth-order valence-electron chi connectivity index (χ4n) is 2.56. The summed E-state index contributed by atoms with van der Waals surface area (Å²) in [6.45, 7) is 3.68. The molecule has 2 rings (SSSR count). The third kappa shape index (κ3) is 4.06. The van der Waals surface area contributed by atoms with Crippen LogP contribution in [0.4, 0.5) is 10.1 Å². The van der Waals surface area contributed by atoms with E-state index in [4.69, 9.17) is 4.74 Å². The van der Waals surface area contributed by atoms with Crippen molar-refractivity contribution in [3.8, 4) is 0 Å². The second-order valence-corrected chi connectivity index (χ2v) is 5.62. The van der Waals surface area contributed by atoms with Gasteiger partial charge < -0.3 is 14.4 Å². The van der Waals surface area contributed by atoms with Crippen molar-refractivity contribution in [1.29, 1.82) is 0 Å². The fourth-order valence-corrected chi connectivity index (χ4v) is 2.56. The lowest BCUT2D eigenvalue weighted by molar-refractivity contribution is -0.111. The monoisotopic (exact) mass is 307 g/mol.